The van der Waals surface area contributed by atoms with Gasteiger partial charge in [0.15, 0.2) is 5.43 Å². The Labute approximate surface area is 88.2 Å². The highest BCUT2D eigenvalue weighted by molar-refractivity contribution is 7.82. The average Bonchev–Trinajstić information content (AvgIpc) is 2.03. The first kappa shape index (κ1) is 10.8. The van der Waals surface area contributed by atoms with Crippen molar-refractivity contribution in [1.82, 2.24) is 0 Å². The standard InChI is InChI=1S/C10H14OS2/c1-2-3-4-5-9-6-8(11)7-10(12)13-9/h6-7,12H,2-5H2,1H3. The van der Waals surface area contributed by atoms with E-state index in [1.165, 1.54) is 19.3 Å². The third-order valence-electron chi connectivity index (χ3n) is 1.83. The molecule has 13 heavy (non-hydrogen) atoms. The van der Waals surface area contributed by atoms with Gasteiger partial charge in [0.05, 0.1) is 4.21 Å². The van der Waals surface area contributed by atoms with Gasteiger partial charge in [-0.05, 0) is 18.9 Å². The van der Waals surface area contributed by atoms with E-state index >= 15 is 0 Å². The van der Waals surface area contributed by atoms with E-state index in [0.29, 0.717) is 0 Å². The molecule has 72 valence electrons. The van der Waals surface area contributed by atoms with Gasteiger partial charge in [-0.15, -0.1) is 24.0 Å². The maximum atomic E-state index is 11.1. The summed E-state index contributed by atoms with van der Waals surface area (Å²) in [4.78, 5) is 12.3. The molecule has 0 aliphatic carbocycles. The average molecular weight is 214 g/mol. The van der Waals surface area contributed by atoms with Crippen LogP contribution >= 0.6 is 24.0 Å². The van der Waals surface area contributed by atoms with Crippen molar-refractivity contribution in [3.05, 3.63) is 27.2 Å². The first-order valence-electron chi connectivity index (χ1n) is 4.55. The number of aryl methyl sites for hydroxylation is 1. The van der Waals surface area contributed by atoms with Crippen LogP contribution in [0.25, 0.3) is 0 Å². The van der Waals surface area contributed by atoms with Gasteiger partial charge in [-0.2, -0.15) is 0 Å². The molecule has 1 aromatic rings. The lowest BCUT2D eigenvalue weighted by Gasteiger charge is -1.99. The van der Waals surface area contributed by atoms with E-state index < -0.39 is 0 Å². The smallest absolute Gasteiger partial charge is 0.181 e. The molecule has 0 saturated heterocycles. The van der Waals surface area contributed by atoms with Gasteiger partial charge in [0.25, 0.3) is 0 Å². The van der Waals surface area contributed by atoms with Crippen LogP contribution in [0.2, 0.25) is 0 Å². The molecule has 0 unspecified atom stereocenters. The maximum Gasteiger partial charge on any atom is 0.181 e. The van der Waals surface area contributed by atoms with Crippen molar-refractivity contribution in [3.63, 3.8) is 0 Å². The molecule has 0 spiro atoms. The molecule has 0 amide bonds. The van der Waals surface area contributed by atoms with E-state index in [0.717, 1.165) is 15.5 Å². The van der Waals surface area contributed by atoms with Crippen molar-refractivity contribution in [2.45, 2.75) is 36.8 Å². The second kappa shape index (κ2) is 5.45. The SMILES string of the molecule is CCCCCc1cc(=O)cc(S)s1. The highest BCUT2D eigenvalue weighted by Crippen LogP contribution is 2.16. The highest BCUT2D eigenvalue weighted by Gasteiger charge is 1.97. The Hall–Kier alpha value is -0.280. The van der Waals surface area contributed by atoms with Crippen LogP contribution in [0.15, 0.2) is 21.1 Å². The van der Waals surface area contributed by atoms with Gasteiger partial charge >= 0.3 is 0 Å². The summed E-state index contributed by atoms with van der Waals surface area (Å²) in [7, 11) is 0. The minimum absolute atomic E-state index is 0.0789. The molecule has 0 radical (unpaired) electrons. The summed E-state index contributed by atoms with van der Waals surface area (Å²) in [5, 5.41) is 0. The van der Waals surface area contributed by atoms with Gasteiger partial charge in [0.1, 0.15) is 0 Å². The topological polar surface area (TPSA) is 17.1 Å². The summed E-state index contributed by atoms with van der Waals surface area (Å²) in [6, 6.07) is 3.29. The van der Waals surface area contributed by atoms with Crippen LogP contribution < -0.4 is 5.43 Å². The third kappa shape index (κ3) is 3.96. The Balaban J connectivity index is 2.61. The number of thiol groups is 1. The zero-order valence-electron chi connectivity index (χ0n) is 7.75. The zero-order valence-corrected chi connectivity index (χ0v) is 9.46. The van der Waals surface area contributed by atoms with Crippen molar-refractivity contribution in [3.8, 4) is 0 Å². The van der Waals surface area contributed by atoms with Crippen LogP contribution in [0.1, 0.15) is 31.1 Å². The number of hydrogen-bond acceptors (Lipinski definition) is 3. The summed E-state index contributed by atoms with van der Waals surface area (Å²) >= 11 is 5.79. The molecule has 0 aliphatic rings. The normalized spacial score (nSPS) is 10.3. The van der Waals surface area contributed by atoms with Crippen LogP contribution in [0, 0.1) is 0 Å². The van der Waals surface area contributed by atoms with Crippen molar-refractivity contribution in [2.75, 3.05) is 0 Å². The van der Waals surface area contributed by atoms with Gasteiger partial charge in [-0.1, -0.05) is 19.8 Å². The molecule has 0 fully saturated rings. The van der Waals surface area contributed by atoms with Crippen LogP contribution in [0.4, 0.5) is 0 Å². The zero-order chi connectivity index (χ0) is 9.68. The molecular formula is C10H14OS2. The third-order valence-corrected chi connectivity index (χ3v) is 3.15. The number of unbranched alkanes of at least 4 members (excludes halogenated alkanes) is 2. The lowest BCUT2D eigenvalue weighted by molar-refractivity contribution is 0.722. The summed E-state index contributed by atoms with van der Waals surface area (Å²) in [6.07, 6.45) is 4.64. The molecule has 0 atom stereocenters. The highest BCUT2D eigenvalue weighted by atomic mass is 32.2. The monoisotopic (exact) mass is 214 g/mol. The predicted octanol–water partition coefficient (Wildman–Crippen LogP) is 3.13. The summed E-state index contributed by atoms with van der Waals surface area (Å²) in [5.74, 6) is 0. The van der Waals surface area contributed by atoms with Crippen molar-refractivity contribution >= 4 is 24.0 Å². The Morgan fingerprint density at radius 3 is 2.77 bits per heavy atom. The second-order valence-electron chi connectivity index (χ2n) is 3.05. The summed E-state index contributed by atoms with van der Waals surface area (Å²) < 4.78 is 0.819. The van der Waals surface area contributed by atoms with Crippen molar-refractivity contribution in [1.29, 1.82) is 0 Å². The fraction of sp³-hybridized carbons (Fsp3) is 0.500. The minimum Gasteiger partial charge on any atom is -0.290 e. The van der Waals surface area contributed by atoms with Gasteiger partial charge in [0.2, 0.25) is 0 Å². The Kier molecular flexibility index (Phi) is 4.53. The minimum atomic E-state index is 0.0789. The maximum absolute atomic E-state index is 11.1. The van der Waals surface area contributed by atoms with E-state index in [-0.39, 0.29) is 5.43 Å². The Bertz CT molecular complexity index is 317. The largest absolute Gasteiger partial charge is 0.290 e. The van der Waals surface area contributed by atoms with E-state index in [1.54, 1.807) is 23.5 Å². The molecule has 1 nitrogen and oxygen atoms in total. The lowest BCUT2D eigenvalue weighted by Crippen LogP contribution is -1.97. The molecule has 0 saturated carbocycles. The van der Waals surface area contributed by atoms with Crippen molar-refractivity contribution in [2.24, 2.45) is 0 Å². The van der Waals surface area contributed by atoms with Crippen LogP contribution in [-0.4, -0.2) is 0 Å². The van der Waals surface area contributed by atoms with E-state index in [2.05, 4.69) is 19.6 Å². The fourth-order valence-electron chi connectivity index (χ4n) is 1.19. The molecule has 1 heterocycles. The van der Waals surface area contributed by atoms with Crippen LogP contribution in [-0.2, 0) is 6.42 Å². The van der Waals surface area contributed by atoms with Gasteiger partial charge in [-0.3, -0.25) is 4.79 Å². The molecule has 1 aromatic heterocycles. The number of rotatable bonds is 4. The Morgan fingerprint density at radius 2 is 2.15 bits per heavy atom. The molecule has 3 heteroatoms. The predicted molar refractivity (Wildman–Crippen MR) is 61.1 cm³/mol. The molecule has 0 aromatic carbocycles. The van der Waals surface area contributed by atoms with E-state index in [4.69, 9.17) is 0 Å². The fourth-order valence-corrected chi connectivity index (χ4v) is 2.53. The molecule has 0 aliphatic heterocycles. The molecule has 0 bridgehead atoms. The van der Waals surface area contributed by atoms with Crippen LogP contribution in [0.3, 0.4) is 0 Å². The summed E-state index contributed by atoms with van der Waals surface area (Å²) in [6.45, 7) is 2.18. The van der Waals surface area contributed by atoms with Crippen LogP contribution in [0.5, 0.6) is 0 Å². The first-order chi connectivity index (χ1) is 6.22. The quantitative estimate of drug-likeness (QED) is 0.602. The van der Waals surface area contributed by atoms with Crippen molar-refractivity contribution < 1.29 is 0 Å². The van der Waals surface area contributed by atoms with Gasteiger partial charge in [-0.25, -0.2) is 0 Å². The van der Waals surface area contributed by atoms with E-state index in [1.807, 2.05) is 0 Å². The second-order valence-corrected chi connectivity index (χ2v) is 5.01. The van der Waals surface area contributed by atoms with Gasteiger partial charge in [0, 0.05) is 10.9 Å². The lowest BCUT2D eigenvalue weighted by atomic mass is 10.2. The molecule has 1 rings (SSSR count). The first-order valence-corrected chi connectivity index (χ1v) is 5.82. The van der Waals surface area contributed by atoms with E-state index in [9.17, 15) is 4.79 Å². The Morgan fingerprint density at radius 1 is 1.38 bits per heavy atom. The summed E-state index contributed by atoms with van der Waals surface area (Å²) in [5.41, 5.74) is 0.0789. The number of hydrogen-bond donors (Lipinski definition) is 1. The van der Waals surface area contributed by atoms with Gasteiger partial charge < -0.3 is 0 Å². The molecular weight excluding hydrogens is 200 g/mol. The molecule has 0 N–H and O–H groups in total.